The Labute approximate surface area is 349 Å². The summed E-state index contributed by atoms with van der Waals surface area (Å²) >= 11 is 6.79. The molecule has 3 aliphatic heterocycles. The molecule has 4 N–H and O–H groups in total. The van der Waals surface area contributed by atoms with Crippen molar-refractivity contribution in [2.75, 3.05) is 45.5 Å². The second-order valence-electron chi connectivity index (χ2n) is 15.9. The van der Waals surface area contributed by atoms with E-state index in [0.717, 1.165) is 16.9 Å². The number of alkyl carbamates (subject to hydrolysis) is 1. The summed E-state index contributed by atoms with van der Waals surface area (Å²) in [7, 11) is 9.39. The molecular weight excluding hydrogens is 796 g/mol. The predicted octanol–water partition coefficient (Wildman–Crippen LogP) is 5.41. The molecule has 1 aromatic rings. The monoisotopic (exact) mass is 854 g/mol. The second-order valence-corrected chi connectivity index (χ2v) is 19.4. The minimum absolute atomic E-state index is 0.0530. The SMILES string of the molecule is COc1cc2cc(c1Cl)N(C)C(=O)CC(OC(=O)C(C)N(C)C(=O)CCC(C)(C)SSCCN)C1(C)OC1C(C)C1CC(O)(NC(=O)O1)C(OC)/C=C/C=C(\C)C2. The van der Waals surface area contributed by atoms with E-state index in [0.29, 0.717) is 30.8 Å². The number of benzene rings is 1. The Balaban J connectivity index is 1.68. The lowest BCUT2D eigenvalue weighted by atomic mass is 9.83. The van der Waals surface area contributed by atoms with Crippen molar-refractivity contribution in [1.82, 2.24) is 10.2 Å². The van der Waals surface area contributed by atoms with E-state index in [1.807, 2.05) is 13.0 Å². The van der Waals surface area contributed by atoms with Crippen molar-refractivity contribution in [3.05, 3.63) is 46.5 Å². The van der Waals surface area contributed by atoms with Gasteiger partial charge >= 0.3 is 12.1 Å². The highest BCUT2D eigenvalue weighted by atomic mass is 35.5. The quantitative estimate of drug-likeness (QED) is 0.105. The van der Waals surface area contributed by atoms with E-state index in [4.69, 9.17) is 41.0 Å². The number of fused-ring (bicyclic) bond motifs is 5. The van der Waals surface area contributed by atoms with Gasteiger partial charge in [0.25, 0.3) is 0 Å². The Hall–Kier alpha value is -2.99. The van der Waals surface area contributed by atoms with Gasteiger partial charge in [-0.15, -0.1) is 0 Å². The number of amides is 3. The molecule has 0 spiro atoms. The van der Waals surface area contributed by atoms with Crippen LogP contribution in [0.3, 0.4) is 0 Å². The number of anilines is 1. The Morgan fingerprint density at radius 1 is 1.26 bits per heavy atom. The fourth-order valence-corrected chi connectivity index (χ4v) is 9.84. The first-order chi connectivity index (χ1) is 26.7. The molecule has 3 aliphatic rings. The normalized spacial score (nSPS) is 30.2. The minimum Gasteiger partial charge on any atom is -0.495 e. The number of carbonyl (C=O) groups excluding carboxylic acids is 4. The summed E-state index contributed by atoms with van der Waals surface area (Å²) in [4.78, 5) is 57.2. The lowest BCUT2D eigenvalue weighted by molar-refractivity contribution is -0.162. The van der Waals surface area contributed by atoms with Crippen LogP contribution in [0.4, 0.5) is 10.5 Å². The van der Waals surface area contributed by atoms with Crippen LogP contribution in [0.2, 0.25) is 5.02 Å². The van der Waals surface area contributed by atoms with Gasteiger partial charge in [0.15, 0.2) is 5.72 Å². The topological polar surface area (TPSA) is 182 Å². The third-order valence-electron chi connectivity index (χ3n) is 11.0. The summed E-state index contributed by atoms with van der Waals surface area (Å²) in [5.41, 5.74) is 4.70. The Kier molecular flexibility index (Phi) is 15.9. The molecule has 3 heterocycles. The molecule has 57 heavy (non-hydrogen) atoms. The molecule has 8 unspecified atom stereocenters. The number of epoxide rings is 1. The molecule has 0 radical (unpaired) electrons. The number of aliphatic hydroxyl groups is 1. The zero-order chi connectivity index (χ0) is 42.5. The maximum Gasteiger partial charge on any atom is 0.409 e. The number of esters is 1. The second kappa shape index (κ2) is 19.4. The van der Waals surface area contributed by atoms with Crippen LogP contribution < -0.4 is 20.7 Å². The Morgan fingerprint density at radius 3 is 2.61 bits per heavy atom. The molecule has 4 rings (SSSR count). The van der Waals surface area contributed by atoms with Gasteiger partial charge in [-0.25, -0.2) is 9.59 Å². The third kappa shape index (κ3) is 11.4. The summed E-state index contributed by atoms with van der Waals surface area (Å²) in [6, 6.07) is 2.60. The maximum absolute atomic E-state index is 14.2. The fourth-order valence-electron chi connectivity index (χ4n) is 7.09. The van der Waals surface area contributed by atoms with Crippen molar-refractivity contribution in [2.24, 2.45) is 11.7 Å². The Morgan fingerprint density at radius 2 is 1.96 bits per heavy atom. The van der Waals surface area contributed by atoms with Crippen LogP contribution in [0.15, 0.2) is 35.9 Å². The number of nitrogens with one attached hydrogen (secondary N) is 1. The minimum atomic E-state index is -1.83. The van der Waals surface area contributed by atoms with Crippen LogP contribution in [0.25, 0.3) is 0 Å². The van der Waals surface area contributed by atoms with Gasteiger partial charge in [-0.05, 0) is 65.2 Å². The first-order valence-electron chi connectivity index (χ1n) is 19.1. The predicted molar refractivity (Wildman–Crippen MR) is 223 cm³/mol. The van der Waals surface area contributed by atoms with E-state index in [1.54, 1.807) is 80.7 Å². The summed E-state index contributed by atoms with van der Waals surface area (Å²) < 4.78 is 29.2. The summed E-state index contributed by atoms with van der Waals surface area (Å²) in [5.74, 6) is -0.745. The number of halogens is 1. The molecule has 14 nitrogen and oxygen atoms in total. The highest BCUT2D eigenvalue weighted by molar-refractivity contribution is 8.77. The van der Waals surface area contributed by atoms with Crippen molar-refractivity contribution in [3.63, 3.8) is 0 Å². The highest BCUT2D eigenvalue weighted by Crippen LogP contribution is 2.49. The third-order valence-corrected chi connectivity index (χ3v) is 14.7. The number of likely N-dealkylation sites (N-methyl/N-ethyl adjacent to an activating group) is 1. The van der Waals surface area contributed by atoms with Crippen LogP contribution in [-0.4, -0.2) is 121 Å². The van der Waals surface area contributed by atoms with Gasteiger partial charge in [0.1, 0.15) is 40.7 Å². The average Bonchev–Trinajstić information content (AvgIpc) is 3.85. The van der Waals surface area contributed by atoms with Crippen LogP contribution >= 0.6 is 33.2 Å². The van der Waals surface area contributed by atoms with Gasteiger partial charge in [-0.1, -0.05) is 63.9 Å². The van der Waals surface area contributed by atoms with E-state index in [-0.39, 0.29) is 34.9 Å². The number of rotatable bonds is 12. The van der Waals surface area contributed by atoms with Gasteiger partial charge in [0.05, 0.1) is 25.3 Å². The fraction of sp³-hybridized carbons (Fsp3) is 0.650. The van der Waals surface area contributed by atoms with Gasteiger partial charge in [-0.3, -0.25) is 14.9 Å². The van der Waals surface area contributed by atoms with Gasteiger partial charge < -0.3 is 44.3 Å². The molecule has 0 aliphatic carbocycles. The number of nitrogens with two attached hydrogens (primary N) is 1. The van der Waals surface area contributed by atoms with E-state index in [9.17, 15) is 24.3 Å². The largest absolute Gasteiger partial charge is 0.495 e. The van der Waals surface area contributed by atoms with E-state index in [2.05, 4.69) is 19.2 Å². The first kappa shape index (κ1) is 46.7. The molecule has 1 aromatic carbocycles. The summed E-state index contributed by atoms with van der Waals surface area (Å²) in [6.45, 7) is 11.7. The molecule has 17 heteroatoms. The van der Waals surface area contributed by atoms with Crippen molar-refractivity contribution in [1.29, 1.82) is 0 Å². The molecule has 0 saturated carbocycles. The number of allylic oxidation sites excluding steroid dienone is 3. The van der Waals surface area contributed by atoms with Gasteiger partial charge in [-0.2, -0.15) is 0 Å². The van der Waals surface area contributed by atoms with E-state index >= 15 is 0 Å². The number of ether oxygens (including phenoxy) is 5. The smallest absolute Gasteiger partial charge is 0.409 e. The molecular formula is C40H59ClN4O10S2. The average molecular weight is 856 g/mol. The highest BCUT2D eigenvalue weighted by Gasteiger charge is 2.64. The first-order valence-corrected chi connectivity index (χ1v) is 21.8. The molecule has 2 saturated heterocycles. The number of methoxy groups -OCH3 is 2. The van der Waals surface area contributed by atoms with Crippen LogP contribution in [-0.2, 0) is 39.8 Å². The zero-order valence-electron chi connectivity index (χ0n) is 34.6. The molecule has 3 amide bonds. The lowest BCUT2D eigenvalue weighted by Crippen LogP contribution is -2.63. The molecule has 8 atom stereocenters. The molecule has 0 aromatic heterocycles. The number of nitrogens with zero attached hydrogens (tertiary/aromatic N) is 2. The van der Waals surface area contributed by atoms with Crippen LogP contribution in [0, 0.1) is 5.92 Å². The zero-order valence-corrected chi connectivity index (χ0v) is 37.0. The van der Waals surface area contributed by atoms with Crippen LogP contribution in [0.1, 0.15) is 72.8 Å². The number of hydrogen-bond acceptors (Lipinski definition) is 13. The van der Waals surface area contributed by atoms with Gasteiger partial charge in [0, 0.05) is 57.0 Å². The van der Waals surface area contributed by atoms with Crippen molar-refractivity contribution >= 4 is 62.8 Å². The van der Waals surface area contributed by atoms with Gasteiger partial charge in [0.2, 0.25) is 11.8 Å². The van der Waals surface area contributed by atoms with E-state index in [1.165, 1.54) is 24.0 Å². The van der Waals surface area contributed by atoms with Crippen molar-refractivity contribution < 1.29 is 48.0 Å². The summed E-state index contributed by atoms with van der Waals surface area (Å²) in [6.07, 6.45) is 1.71. The van der Waals surface area contributed by atoms with Crippen molar-refractivity contribution in [3.8, 4) is 5.75 Å². The number of hydrogen-bond donors (Lipinski definition) is 3. The Bertz CT molecular complexity index is 1710. The molecule has 2 fully saturated rings. The maximum atomic E-state index is 14.2. The van der Waals surface area contributed by atoms with Crippen LogP contribution in [0.5, 0.6) is 5.75 Å². The number of carbonyl (C=O) groups is 4. The molecule has 318 valence electrons. The standard InChI is InChI=1S/C40H59ClN4O10S2/c1-23-12-11-13-30(52-10)40(50)22-29(53-37(49)43-40)24(2)35-39(6,55-35)31(21-33(47)45(8)27-19-26(18-23)20-28(51-9)34(27)41)54-36(48)25(3)44(7)32(46)14-15-38(4,5)57-56-17-16-42/h11-13,19-20,24-25,29-31,35,50H,14-18,21-22,42H2,1-10H3,(H,43,49)/b13-11+,23-12+. The van der Waals surface area contributed by atoms with E-state index < -0.39 is 65.7 Å². The summed E-state index contributed by atoms with van der Waals surface area (Å²) in [5, 5.41) is 14.5. The lowest BCUT2D eigenvalue weighted by Gasteiger charge is -2.42. The van der Waals surface area contributed by atoms with Crippen molar-refractivity contribution in [2.45, 2.75) is 120 Å². The molecule has 4 bridgehead atoms.